The van der Waals surface area contributed by atoms with Crippen molar-refractivity contribution < 1.29 is 0 Å². The van der Waals surface area contributed by atoms with E-state index in [4.69, 9.17) is 4.99 Å². The van der Waals surface area contributed by atoms with Crippen LogP contribution >= 0.6 is 0 Å². The lowest BCUT2D eigenvalue weighted by molar-refractivity contribution is 0.432. The topological polar surface area (TPSA) is 12.4 Å². The Kier molecular flexibility index (Phi) is 2.78. The Morgan fingerprint density at radius 3 is 2.53 bits per heavy atom. The lowest BCUT2D eigenvalue weighted by Crippen LogP contribution is -2.29. The van der Waals surface area contributed by atoms with Gasteiger partial charge in [-0.15, -0.1) is 0 Å². The van der Waals surface area contributed by atoms with Gasteiger partial charge in [-0.25, -0.2) is 0 Å². The summed E-state index contributed by atoms with van der Waals surface area (Å²) in [7, 11) is 0. The Balaban J connectivity index is 2.13. The molecule has 0 fully saturated rings. The van der Waals surface area contributed by atoms with Crippen LogP contribution in [0.1, 0.15) is 25.0 Å². The maximum Gasteiger partial charge on any atom is 0.0736 e. The minimum Gasteiger partial charge on any atom is -0.260 e. The van der Waals surface area contributed by atoms with Crippen LogP contribution in [0.5, 0.6) is 0 Å². The predicted octanol–water partition coefficient (Wildman–Crippen LogP) is 4.56. The van der Waals surface area contributed by atoms with Crippen LogP contribution in [0.2, 0.25) is 0 Å². The number of benzene rings is 1. The molecule has 1 unspecified atom stereocenters. The molecular formula is C18H19N. The van der Waals surface area contributed by atoms with Crippen molar-refractivity contribution in [3.63, 3.8) is 0 Å². The van der Waals surface area contributed by atoms with Gasteiger partial charge >= 0.3 is 0 Å². The largest absolute Gasteiger partial charge is 0.260 e. The van der Waals surface area contributed by atoms with E-state index < -0.39 is 0 Å². The maximum absolute atomic E-state index is 4.74. The number of hydrogen-bond acceptors (Lipinski definition) is 1. The van der Waals surface area contributed by atoms with Crippen molar-refractivity contribution in [1.29, 1.82) is 0 Å². The molecule has 1 aromatic carbocycles. The molecule has 1 aromatic rings. The minimum absolute atomic E-state index is 0.0881. The molecule has 19 heavy (non-hydrogen) atoms. The fourth-order valence-electron chi connectivity index (χ4n) is 2.76. The third kappa shape index (κ3) is 2.10. The molecule has 1 aliphatic carbocycles. The number of nitrogens with zero attached hydrogens (tertiary/aromatic N) is 1. The van der Waals surface area contributed by atoms with E-state index in [1.807, 2.05) is 0 Å². The van der Waals surface area contributed by atoms with Crippen LogP contribution in [0.3, 0.4) is 0 Å². The average molecular weight is 249 g/mol. The predicted molar refractivity (Wildman–Crippen MR) is 82.1 cm³/mol. The molecule has 1 atom stereocenters. The highest BCUT2D eigenvalue weighted by molar-refractivity contribution is 5.84. The first-order valence-electron chi connectivity index (χ1n) is 6.79. The normalized spacial score (nSPS) is 23.6. The zero-order chi connectivity index (χ0) is 13.5. The van der Waals surface area contributed by atoms with E-state index >= 15 is 0 Å². The van der Waals surface area contributed by atoms with Gasteiger partial charge in [-0.3, -0.25) is 4.99 Å². The Bertz CT molecular complexity index is 610. The van der Waals surface area contributed by atoms with Crippen LogP contribution in [0.4, 0.5) is 0 Å². The summed E-state index contributed by atoms with van der Waals surface area (Å²) < 4.78 is 0. The summed E-state index contributed by atoms with van der Waals surface area (Å²) in [5.74, 6) is 0.423. The zero-order valence-electron chi connectivity index (χ0n) is 11.7. The van der Waals surface area contributed by atoms with E-state index in [0.717, 1.165) is 5.70 Å². The Hall–Kier alpha value is -1.89. The van der Waals surface area contributed by atoms with E-state index in [1.54, 1.807) is 0 Å². The van der Waals surface area contributed by atoms with Crippen molar-refractivity contribution in [3.05, 3.63) is 65.3 Å². The van der Waals surface area contributed by atoms with Crippen LogP contribution in [0, 0.1) is 18.3 Å². The molecule has 0 spiro atoms. The maximum atomic E-state index is 4.74. The molecule has 0 amide bonds. The van der Waals surface area contributed by atoms with Gasteiger partial charge < -0.3 is 0 Å². The molecule has 0 saturated carbocycles. The van der Waals surface area contributed by atoms with E-state index in [9.17, 15) is 0 Å². The van der Waals surface area contributed by atoms with Gasteiger partial charge in [0.2, 0.25) is 0 Å². The average Bonchev–Trinajstić information content (AvgIpc) is 2.41. The van der Waals surface area contributed by atoms with Crippen molar-refractivity contribution in [3.8, 4) is 0 Å². The second kappa shape index (κ2) is 4.34. The monoisotopic (exact) mass is 249 g/mol. The van der Waals surface area contributed by atoms with Crippen molar-refractivity contribution >= 4 is 11.9 Å². The fourth-order valence-corrected chi connectivity index (χ4v) is 2.76. The third-order valence-corrected chi connectivity index (χ3v) is 3.95. The molecule has 0 bridgehead atoms. The summed E-state index contributed by atoms with van der Waals surface area (Å²) >= 11 is 0. The van der Waals surface area contributed by atoms with Crippen LogP contribution in [0.25, 0.3) is 5.70 Å². The number of rotatable bonds is 1. The van der Waals surface area contributed by atoms with E-state index in [2.05, 4.69) is 75.6 Å². The second-order valence-electron chi connectivity index (χ2n) is 5.97. The van der Waals surface area contributed by atoms with Crippen molar-refractivity contribution in [2.75, 3.05) is 0 Å². The quantitative estimate of drug-likeness (QED) is 0.692. The number of aliphatic imine (C=N–C) groups is 1. The molecule has 1 aliphatic heterocycles. The van der Waals surface area contributed by atoms with Gasteiger partial charge in [0.1, 0.15) is 0 Å². The Morgan fingerprint density at radius 1 is 1.05 bits per heavy atom. The van der Waals surface area contributed by atoms with Crippen LogP contribution in [0.15, 0.2) is 59.1 Å². The van der Waals surface area contributed by atoms with Gasteiger partial charge in [0.15, 0.2) is 0 Å². The minimum atomic E-state index is 0.0881. The van der Waals surface area contributed by atoms with Gasteiger partial charge in [-0.1, -0.05) is 68.0 Å². The van der Waals surface area contributed by atoms with Crippen molar-refractivity contribution in [2.45, 2.75) is 20.8 Å². The van der Waals surface area contributed by atoms with E-state index in [1.165, 1.54) is 16.7 Å². The van der Waals surface area contributed by atoms with Crippen LogP contribution < -0.4 is 0 Å². The number of fused-ring (bicyclic) bond motifs is 1. The second-order valence-corrected chi connectivity index (χ2v) is 5.97. The van der Waals surface area contributed by atoms with Crippen molar-refractivity contribution in [1.82, 2.24) is 0 Å². The molecule has 3 rings (SSSR count). The lowest BCUT2D eigenvalue weighted by Gasteiger charge is -2.35. The molecule has 2 aliphatic rings. The zero-order valence-corrected chi connectivity index (χ0v) is 11.7. The summed E-state index contributed by atoms with van der Waals surface area (Å²) in [6, 6.07) is 8.62. The highest BCUT2D eigenvalue weighted by Gasteiger charge is 2.33. The summed E-state index contributed by atoms with van der Waals surface area (Å²) in [5.41, 5.74) is 5.02. The van der Waals surface area contributed by atoms with Gasteiger partial charge in [0.25, 0.3) is 0 Å². The molecular weight excluding hydrogens is 230 g/mol. The van der Waals surface area contributed by atoms with Gasteiger partial charge in [-0.05, 0) is 12.5 Å². The highest BCUT2D eigenvalue weighted by atomic mass is 14.8. The SMILES string of the molecule is Cc1ccc(C2=C3C=CC=CC3C(C)(C)C=N2)cc1. The molecule has 0 radical (unpaired) electrons. The van der Waals surface area contributed by atoms with Gasteiger partial charge in [0, 0.05) is 23.1 Å². The first kappa shape index (κ1) is 12.2. The highest BCUT2D eigenvalue weighted by Crippen LogP contribution is 2.42. The van der Waals surface area contributed by atoms with Gasteiger partial charge in [-0.2, -0.15) is 0 Å². The molecule has 0 saturated heterocycles. The molecule has 1 heteroatoms. The smallest absolute Gasteiger partial charge is 0.0736 e. The standard InChI is InChI=1S/C18H19N/c1-13-8-10-14(11-9-13)17-15-6-4-5-7-16(15)18(2,3)12-19-17/h4-12,16H,1-3H3. The molecule has 0 aromatic heterocycles. The number of aryl methyl sites for hydroxylation is 1. The fraction of sp³-hybridized carbons (Fsp3) is 0.278. The third-order valence-electron chi connectivity index (χ3n) is 3.95. The van der Waals surface area contributed by atoms with E-state index in [0.29, 0.717) is 5.92 Å². The Labute approximate surface area is 115 Å². The molecule has 96 valence electrons. The molecule has 0 N–H and O–H groups in total. The summed E-state index contributed by atoms with van der Waals surface area (Å²) in [4.78, 5) is 4.74. The van der Waals surface area contributed by atoms with Crippen molar-refractivity contribution in [2.24, 2.45) is 16.3 Å². The lowest BCUT2D eigenvalue weighted by atomic mass is 9.71. The van der Waals surface area contributed by atoms with Crippen LogP contribution in [-0.4, -0.2) is 6.21 Å². The molecule has 1 heterocycles. The summed E-state index contributed by atoms with van der Waals surface area (Å²) in [6.45, 7) is 6.61. The summed E-state index contributed by atoms with van der Waals surface area (Å²) in [5, 5.41) is 0. The number of hydrogen-bond donors (Lipinski definition) is 0. The number of allylic oxidation sites excluding steroid dienone is 5. The van der Waals surface area contributed by atoms with E-state index in [-0.39, 0.29) is 5.41 Å². The first-order valence-corrected chi connectivity index (χ1v) is 6.79. The van der Waals surface area contributed by atoms with Gasteiger partial charge in [0.05, 0.1) is 5.70 Å². The van der Waals surface area contributed by atoms with Crippen LogP contribution in [-0.2, 0) is 0 Å². The first-order chi connectivity index (χ1) is 9.08. The molecule has 1 nitrogen and oxygen atoms in total. The Morgan fingerprint density at radius 2 is 1.79 bits per heavy atom. The summed E-state index contributed by atoms with van der Waals surface area (Å²) in [6.07, 6.45) is 10.8.